The van der Waals surface area contributed by atoms with Gasteiger partial charge in [-0.05, 0) is 49.6 Å². The monoisotopic (exact) mass is 473 g/mol. The van der Waals surface area contributed by atoms with Crippen LogP contribution < -0.4 is 0 Å². The number of aryl methyl sites for hydroxylation is 1. The minimum Gasteiger partial charge on any atom is -0.335 e. The quantitative estimate of drug-likeness (QED) is 0.684. The molecule has 9 heteroatoms. The van der Waals surface area contributed by atoms with Gasteiger partial charge in [-0.2, -0.15) is 4.31 Å². The van der Waals surface area contributed by atoms with E-state index in [2.05, 4.69) is 0 Å². The number of hydrogen-bond acceptors (Lipinski definition) is 4. The molecule has 2 heterocycles. The largest absolute Gasteiger partial charge is 0.335 e. The smallest absolute Gasteiger partial charge is 0.256 e. The molecule has 33 heavy (non-hydrogen) atoms. The first-order chi connectivity index (χ1) is 15.8. The van der Waals surface area contributed by atoms with E-state index in [1.807, 2.05) is 0 Å². The fourth-order valence-corrected chi connectivity index (χ4v) is 5.88. The molecule has 176 valence electrons. The number of piperidine rings is 1. The lowest BCUT2D eigenvalue weighted by Crippen LogP contribution is -2.50. The molecule has 0 saturated carbocycles. The summed E-state index contributed by atoms with van der Waals surface area (Å²) in [5, 5.41) is 0. The molecule has 4 rings (SSSR count). The third kappa shape index (κ3) is 4.79. The molecule has 2 saturated heterocycles. The Kier molecular flexibility index (Phi) is 6.81. The van der Waals surface area contributed by atoms with Gasteiger partial charge in [0.15, 0.2) is 0 Å². The van der Waals surface area contributed by atoms with Crippen LogP contribution in [0.2, 0.25) is 0 Å². The highest BCUT2D eigenvalue weighted by Crippen LogP contribution is 2.24. The normalized spacial score (nSPS) is 17.8. The minimum atomic E-state index is -3.65. The van der Waals surface area contributed by atoms with Crippen molar-refractivity contribution in [2.24, 2.45) is 0 Å². The lowest BCUT2D eigenvalue weighted by atomic mass is 10.1. The maximum Gasteiger partial charge on any atom is 0.256 e. The van der Waals surface area contributed by atoms with E-state index in [0.717, 1.165) is 19.3 Å². The number of halogens is 1. The number of hydrogen-bond donors (Lipinski definition) is 0. The molecule has 2 amide bonds. The van der Waals surface area contributed by atoms with Crippen LogP contribution in [-0.4, -0.2) is 73.6 Å². The van der Waals surface area contributed by atoms with Crippen LogP contribution in [0, 0.1) is 12.7 Å². The molecular formula is C24H28FN3O4S. The van der Waals surface area contributed by atoms with Gasteiger partial charge in [0.2, 0.25) is 10.0 Å². The zero-order valence-corrected chi connectivity index (χ0v) is 19.5. The van der Waals surface area contributed by atoms with Gasteiger partial charge < -0.3 is 9.80 Å². The van der Waals surface area contributed by atoms with E-state index < -0.39 is 21.7 Å². The predicted octanol–water partition coefficient (Wildman–Crippen LogP) is 2.91. The van der Waals surface area contributed by atoms with Gasteiger partial charge in [0.25, 0.3) is 11.8 Å². The Balaban J connectivity index is 1.47. The second-order valence-corrected chi connectivity index (χ2v) is 10.4. The summed E-state index contributed by atoms with van der Waals surface area (Å²) in [5.74, 6) is -1.23. The number of carbonyl (C=O) groups excluding carboxylic acids is 2. The van der Waals surface area contributed by atoms with Crippen molar-refractivity contribution < 1.29 is 22.4 Å². The number of piperazine rings is 1. The molecule has 2 fully saturated rings. The standard InChI is InChI=1S/C24H28FN3O4S/c1-18-9-10-19(33(31,32)28-11-5-2-6-12-28)17-21(18)24(30)27-15-13-26(14-16-27)23(29)20-7-3-4-8-22(20)25/h3-4,7-10,17H,2,5-6,11-16H2,1H3. The third-order valence-electron chi connectivity index (χ3n) is 6.35. The van der Waals surface area contributed by atoms with E-state index in [1.54, 1.807) is 30.0 Å². The van der Waals surface area contributed by atoms with Crippen LogP contribution >= 0.6 is 0 Å². The van der Waals surface area contributed by atoms with Gasteiger partial charge in [-0.15, -0.1) is 0 Å². The van der Waals surface area contributed by atoms with Crippen LogP contribution in [-0.2, 0) is 10.0 Å². The van der Waals surface area contributed by atoms with E-state index in [-0.39, 0.29) is 29.5 Å². The molecule has 2 aromatic rings. The summed E-state index contributed by atoms with van der Waals surface area (Å²) in [7, 11) is -3.65. The van der Waals surface area contributed by atoms with Crippen molar-refractivity contribution in [1.82, 2.24) is 14.1 Å². The summed E-state index contributed by atoms with van der Waals surface area (Å²) in [6.45, 7) is 3.92. The molecule has 2 aliphatic heterocycles. The van der Waals surface area contributed by atoms with Crippen molar-refractivity contribution in [2.45, 2.75) is 31.1 Å². The van der Waals surface area contributed by atoms with Crippen LogP contribution in [0.25, 0.3) is 0 Å². The van der Waals surface area contributed by atoms with Gasteiger partial charge in [-0.3, -0.25) is 9.59 Å². The van der Waals surface area contributed by atoms with E-state index >= 15 is 0 Å². The van der Waals surface area contributed by atoms with E-state index in [9.17, 15) is 22.4 Å². The van der Waals surface area contributed by atoms with Crippen molar-refractivity contribution in [3.8, 4) is 0 Å². The second kappa shape index (κ2) is 9.61. The Morgan fingerprint density at radius 1 is 0.788 bits per heavy atom. The first-order valence-electron chi connectivity index (χ1n) is 11.2. The maximum absolute atomic E-state index is 14.0. The lowest BCUT2D eigenvalue weighted by molar-refractivity contribution is 0.0532. The number of benzene rings is 2. The van der Waals surface area contributed by atoms with Gasteiger partial charge in [-0.25, -0.2) is 12.8 Å². The van der Waals surface area contributed by atoms with E-state index in [4.69, 9.17) is 0 Å². The highest BCUT2D eigenvalue weighted by atomic mass is 32.2. The number of sulfonamides is 1. The van der Waals surface area contributed by atoms with E-state index in [1.165, 1.54) is 33.5 Å². The Morgan fingerprint density at radius 3 is 1.97 bits per heavy atom. The topological polar surface area (TPSA) is 78.0 Å². The number of amides is 2. The predicted molar refractivity (Wildman–Crippen MR) is 122 cm³/mol. The van der Waals surface area contributed by atoms with Crippen LogP contribution in [0.3, 0.4) is 0 Å². The number of nitrogens with zero attached hydrogens (tertiary/aromatic N) is 3. The van der Waals surface area contributed by atoms with Crippen molar-refractivity contribution in [2.75, 3.05) is 39.3 Å². The van der Waals surface area contributed by atoms with Crippen molar-refractivity contribution in [3.05, 3.63) is 65.0 Å². The second-order valence-electron chi connectivity index (χ2n) is 8.51. The van der Waals surface area contributed by atoms with Crippen LogP contribution in [0.4, 0.5) is 4.39 Å². The zero-order chi connectivity index (χ0) is 23.6. The summed E-state index contributed by atoms with van der Waals surface area (Å²) < 4.78 is 41.6. The fourth-order valence-electron chi connectivity index (χ4n) is 4.33. The number of carbonyl (C=O) groups is 2. The zero-order valence-electron chi connectivity index (χ0n) is 18.7. The first-order valence-corrected chi connectivity index (χ1v) is 12.7. The molecule has 7 nitrogen and oxygen atoms in total. The third-order valence-corrected chi connectivity index (χ3v) is 8.25. The summed E-state index contributed by atoms with van der Waals surface area (Å²) in [4.78, 5) is 29.1. The summed E-state index contributed by atoms with van der Waals surface area (Å²) in [5.41, 5.74) is 1.06. The molecule has 0 spiro atoms. The summed E-state index contributed by atoms with van der Waals surface area (Å²) >= 11 is 0. The Labute approximate surface area is 193 Å². The Bertz CT molecular complexity index is 1150. The maximum atomic E-state index is 14.0. The molecule has 2 aromatic carbocycles. The van der Waals surface area contributed by atoms with Crippen molar-refractivity contribution in [3.63, 3.8) is 0 Å². The van der Waals surface area contributed by atoms with Crippen molar-refractivity contribution in [1.29, 1.82) is 0 Å². The average molecular weight is 474 g/mol. The van der Waals surface area contributed by atoms with Gasteiger partial charge in [0.05, 0.1) is 10.5 Å². The highest BCUT2D eigenvalue weighted by molar-refractivity contribution is 7.89. The van der Waals surface area contributed by atoms with Gasteiger partial charge >= 0.3 is 0 Å². The molecule has 0 atom stereocenters. The molecule has 0 radical (unpaired) electrons. The SMILES string of the molecule is Cc1ccc(S(=O)(=O)N2CCCCC2)cc1C(=O)N1CCN(C(=O)c2ccccc2F)CC1. The fraction of sp³-hybridized carbons (Fsp3) is 0.417. The van der Waals surface area contributed by atoms with Gasteiger partial charge in [0.1, 0.15) is 5.82 Å². The molecule has 0 bridgehead atoms. The minimum absolute atomic E-state index is 0.0174. The van der Waals surface area contributed by atoms with Crippen molar-refractivity contribution >= 4 is 21.8 Å². The van der Waals surface area contributed by atoms with Crippen LogP contribution in [0.15, 0.2) is 47.4 Å². The molecule has 0 aromatic heterocycles. The van der Waals surface area contributed by atoms with Crippen LogP contribution in [0.1, 0.15) is 45.5 Å². The molecule has 0 unspecified atom stereocenters. The van der Waals surface area contributed by atoms with Crippen LogP contribution in [0.5, 0.6) is 0 Å². The first kappa shape index (κ1) is 23.4. The number of rotatable bonds is 4. The average Bonchev–Trinajstić information content (AvgIpc) is 2.84. The molecule has 0 N–H and O–H groups in total. The van der Waals surface area contributed by atoms with Gasteiger partial charge in [-0.1, -0.05) is 24.6 Å². The Hall–Kier alpha value is -2.78. The lowest BCUT2D eigenvalue weighted by Gasteiger charge is -2.35. The summed E-state index contributed by atoms with van der Waals surface area (Å²) in [6.07, 6.45) is 2.70. The molecule has 0 aliphatic carbocycles. The molecule has 2 aliphatic rings. The Morgan fingerprint density at radius 2 is 1.36 bits per heavy atom. The van der Waals surface area contributed by atoms with Gasteiger partial charge in [0, 0.05) is 44.8 Å². The highest BCUT2D eigenvalue weighted by Gasteiger charge is 2.30. The summed E-state index contributed by atoms with van der Waals surface area (Å²) in [6, 6.07) is 10.5. The molecular weight excluding hydrogens is 445 g/mol. The van der Waals surface area contributed by atoms with E-state index in [0.29, 0.717) is 37.3 Å².